The molecule has 0 aromatic rings. The molecule has 0 spiro atoms. The Morgan fingerprint density at radius 2 is 1.69 bits per heavy atom. The molecule has 2 fully saturated rings. The molecule has 2 rings (SSSR count). The molecule has 0 atom stereocenters. The van der Waals surface area contributed by atoms with Gasteiger partial charge in [0, 0.05) is 6.04 Å². The van der Waals surface area contributed by atoms with Crippen molar-refractivity contribution in [3.05, 3.63) is 0 Å². The zero-order valence-electron chi connectivity index (χ0n) is 8.64. The Bertz CT molecular complexity index is 216. The molecule has 1 nitrogen and oxygen atoms in total. The fraction of sp³-hybridized carbons (Fsp3) is 0.833. The third-order valence-corrected chi connectivity index (χ3v) is 3.15. The van der Waals surface area contributed by atoms with Crippen LogP contribution in [0.4, 0.5) is 0 Å². The van der Waals surface area contributed by atoms with Crippen LogP contribution >= 0.6 is 0 Å². The van der Waals surface area contributed by atoms with E-state index in [1.807, 2.05) is 0 Å². The molecule has 0 aliphatic heterocycles. The summed E-state index contributed by atoms with van der Waals surface area (Å²) in [7, 11) is 0. The minimum Gasteiger partial charge on any atom is -0.298 e. The van der Waals surface area contributed by atoms with Gasteiger partial charge in [0.1, 0.15) is 0 Å². The summed E-state index contributed by atoms with van der Waals surface area (Å²) in [6.07, 6.45) is 11.1. The standard InChI is InChI=1S/C12H19N/c1-4-12(2,3)13-11(9-5-6-9)10-7-8-10/h1,9-11,13H,5-8H2,2-3H3. The molecule has 0 amide bonds. The lowest BCUT2D eigenvalue weighted by molar-refractivity contribution is 0.342. The van der Waals surface area contributed by atoms with Crippen molar-refractivity contribution >= 4 is 0 Å². The van der Waals surface area contributed by atoms with Crippen molar-refractivity contribution in [3.8, 4) is 12.3 Å². The van der Waals surface area contributed by atoms with Crippen molar-refractivity contribution < 1.29 is 0 Å². The van der Waals surface area contributed by atoms with E-state index < -0.39 is 0 Å². The highest BCUT2D eigenvalue weighted by atomic mass is 15.0. The summed E-state index contributed by atoms with van der Waals surface area (Å²) in [4.78, 5) is 0. The van der Waals surface area contributed by atoms with Crippen LogP contribution < -0.4 is 5.32 Å². The molecule has 72 valence electrons. The summed E-state index contributed by atoms with van der Waals surface area (Å²) < 4.78 is 0. The first-order chi connectivity index (χ1) is 6.12. The van der Waals surface area contributed by atoms with Crippen LogP contribution in [0.1, 0.15) is 39.5 Å². The first-order valence-corrected chi connectivity index (χ1v) is 5.38. The molecule has 0 saturated heterocycles. The molecular formula is C12H19N. The van der Waals surface area contributed by atoms with Gasteiger partial charge in [-0.15, -0.1) is 6.42 Å². The molecule has 2 saturated carbocycles. The lowest BCUT2D eigenvalue weighted by Crippen LogP contribution is -2.47. The van der Waals surface area contributed by atoms with Gasteiger partial charge >= 0.3 is 0 Å². The minimum absolute atomic E-state index is 0.115. The second-order valence-electron chi connectivity index (χ2n) is 5.11. The van der Waals surface area contributed by atoms with E-state index in [9.17, 15) is 0 Å². The third-order valence-electron chi connectivity index (χ3n) is 3.15. The van der Waals surface area contributed by atoms with E-state index in [0.29, 0.717) is 6.04 Å². The Morgan fingerprint density at radius 1 is 1.23 bits per heavy atom. The molecule has 0 aromatic carbocycles. The average Bonchev–Trinajstić information content (AvgIpc) is 2.91. The Hall–Kier alpha value is -0.480. The summed E-state index contributed by atoms with van der Waals surface area (Å²) in [5, 5.41) is 3.63. The molecule has 0 aromatic heterocycles. The number of terminal acetylenes is 1. The maximum absolute atomic E-state index is 5.48. The van der Waals surface area contributed by atoms with Gasteiger partial charge in [-0.1, -0.05) is 5.92 Å². The smallest absolute Gasteiger partial charge is 0.0743 e. The van der Waals surface area contributed by atoms with E-state index in [-0.39, 0.29) is 5.54 Å². The Morgan fingerprint density at radius 3 is 2.00 bits per heavy atom. The van der Waals surface area contributed by atoms with Crippen molar-refractivity contribution in [2.45, 2.75) is 51.1 Å². The van der Waals surface area contributed by atoms with Crippen molar-refractivity contribution in [2.24, 2.45) is 11.8 Å². The van der Waals surface area contributed by atoms with Crippen LogP contribution in [-0.2, 0) is 0 Å². The molecule has 0 radical (unpaired) electrons. The number of rotatable bonds is 4. The Balaban J connectivity index is 1.93. The quantitative estimate of drug-likeness (QED) is 0.649. The van der Waals surface area contributed by atoms with Crippen molar-refractivity contribution in [3.63, 3.8) is 0 Å². The second-order valence-corrected chi connectivity index (χ2v) is 5.11. The average molecular weight is 177 g/mol. The highest BCUT2D eigenvalue weighted by Gasteiger charge is 2.42. The first-order valence-electron chi connectivity index (χ1n) is 5.38. The fourth-order valence-electron chi connectivity index (χ4n) is 1.99. The lowest BCUT2D eigenvalue weighted by atomic mass is 10.0. The van der Waals surface area contributed by atoms with E-state index in [2.05, 4.69) is 25.1 Å². The normalized spacial score (nSPS) is 23.2. The number of hydrogen-bond donors (Lipinski definition) is 1. The van der Waals surface area contributed by atoms with Gasteiger partial charge in [0.2, 0.25) is 0 Å². The number of nitrogens with one attached hydrogen (secondary N) is 1. The van der Waals surface area contributed by atoms with Gasteiger partial charge in [0.15, 0.2) is 0 Å². The Labute approximate surface area is 81.3 Å². The predicted octanol–water partition coefficient (Wildman–Crippen LogP) is 2.18. The van der Waals surface area contributed by atoms with Crippen LogP contribution in [0.3, 0.4) is 0 Å². The van der Waals surface area contributed by atoms with Crippen LogP contribution in [0, 0.1) is 24.2 Å². The van der Waals surface area contributed by atoms with Crippen LogP contribution in [0.25, 0.3) is 0 Å². The highest BCUT2D eigenvalue weighted by molar-refractivity contribution is 5.11. The molecule has 2 aliphatic rings. The van der Waals surface area contributed by atoms with Gasteiger partial charge in [-0.25, -0.2) is 0 Å². The Kier molecular flexibility index (Phi) is 2.12. The van der Waals surface area contributed by atoms with E-state index >= 15 is 0 Å². The predicted molar refractivity (Wildman–Crippen MR) is 55.3 cm³/mol. The third kappa shape index (κ3) is 2.25. The first kappa shape index (κ1) is 9.09. The van der Waals surface area contributed by atoms with E-state index in [0.717, 1.165) is 11.8 Å². The van der Waals surface area contributed by atoms with Crippen LogP contribution in [0.2, 0.25) is 0 Å². The molecule has 2 aliphatic carbocycles. The highest BCUT2D eigenvalue weighted by Crippen LogP contribution is 2.45. The van der Waals surface area contributed by atoms with Gasteiger partial charge in [0.25, 0.3) is 0 Å². The van der Waals surface area contributed by atoms with Gasteiger partial charge in [-0.05, 0) is 51.4 Å². The monoisotopic (exact) mass is 177 g/mol. The summed E-state index contributed by atoms with van der Waals surface area (Å²) in [5.74, 6) is 4.69. The molecule has 13 heavy (non-hydrogen) atoms. The molecule has 1 N–H and O–H groups in total. The molecule has 0 unspecified atom stereocenters. The largest absolute Gasteiger partial charge is 0.298 e. The van der Waals surface area contributed by atoms with Gasteiger partial charge in [-0.3, -0.25) is 5.32 Å². The SMILES string of the molecule is C#CC(C)(C)NC(C1CC1)C1CC1. The van der Waals surface area contributed by atoms with Crippen LogP contribution in [-0.4, -0.2) is 11.6 Å². The topological polar surface area (TPSA) is 12.0 Å². The lowest BCUT2D eigenvalue weighted by Gasteiger charge is -2.27. The molecular weight excluding hydrogens is 158 g/mol. The maximum atomic E-state index is 5.48. The summed E-state index contributed by atoms with van der Waals surface area (Å²) in [5.41, 5.74) is -0.115. The molecule has 0 heterocycles. The summed E-state index contributed by atoms with van der Waals surface area (Å²) in [6.45, 7) is 4.20. The second kappa shape index (κ2) is 3.03. The van der Waals surface area contributed by atoms with E-state index in [4.69, 9.17) is 6.42 Å². The van der Waals surface area contributed by atoms with Gasteiger partial charge in [0.05, 0.1) is 5.54 Å². The van der Waals surface area contributed by atoms with E-state index in [1.165, 1.54) is 25.7 Å². The number of hydrogen-bond acceptors (Lipinski definition) is 1. The minimum atomic E-state index is -0.115. The van der Waals surface area contributed by atoms with Crippen molar-refractivity contribution in [1.82, 2.24) is 5.32 Å². The van der Waals surface area contributed by atoms with Crippen LogP contribution in [0.5, 0.6) is 0 Å². The zero-order valence-corrected chi connectivity index (χ0v) is 8.64. The summed E-state index contributed by atoms with van der Waals surface area (Å²) in [6, 6.07) is 0.714. The van der Waals surface area contributed by atoms with E-state index in [1.54, 1.807) is 0 Å². The van der Waals surface area contributed by atoms with Crippen molar-refractivity contribution in [2.75, 3.05) is 0 Å². The molecule has 1 heteroatoms. The summed E-state index contributed by atoms with van der Waals surface area (Å²) >= 11 is 0. The van der Waals surface area contributed by atoms with Gasteiger partial charge in [-0.2, -0.15) is 0 Å². The van der Waals surface area contributed by atoms with Crippen LogP contribution in [0.15, 0.2) is 0 Å². The van der Waals surface area contributed by atoms with Crippen molar-refractivity contribution in [1.29, 1.82) is 0 Å². The van der Waals surface area contributed by atoms with Gasteiger partial charge < -0.3 is 0 Å². The zero-order chi connectivity index (χ0) is 9.47. The fourth-order valence-corrected chi connectivity index (χ4v) is 1.99. The molecule has 0 bridgehead atoms. The maximum Gasteiger partial charge on any atom is 0.0743 e.